The Morgan fingerprint density at radius 2 is 2.00 bits per heavy atom. The Kier molecular flexibility index (Phi) is 5.67. The maximum atomic E-state index is 13.6. The standard InChI is InChI=1S/C16H24F2N2O/c1-19-9-6-12(7-10-19)20(2)11-8-15(21)13-4-3-5-14(17)16(13)18/h3-5,12,15,21H,6-11H2,1-2H3. The molecule has 5 heteroatoms. The van der Waals surface area contributed by atoms with Crippen LogP contribution in [0.4, 0.5) is 8.78 Å². The first-order valence-electron chi connectivity index (χ1n) is 7.49. The van der Waals surface area contributed by atoms with Gasteiger partial charge in [0.25, 0.3) is 0 Å². The van der Waals surface area contributed by atoms with Gasteiger partial charge in [-0.3, -0.25) is 0 Å². The van der Waals surface area contributed by atoms with E-state index >= 15 is 0 Å². The third-order valence-electron chi connectivity index (χ3n) is 4.41. The normalized spacial score (nSPS) is 19.1. The van der Waals surface area contributed by atoms with Gasteiger partial charge in [0.1, 0.15) is 0 Å². The van der Waals surface area contributed by atoms with Gasteiger partial charge in [0, 0.05) is 18.2 Å². The molecule has 1 aliphatic rings. The van der Waals surface area contributed by atoms with Crippen molar-refractivity contribution in [2.75, 3.05) is 33.7 Å². The van der Waals surface area contributed by atoms with Gasteiger partial charge in [-0.15, -0.1) is 0 Å². The quantitative estimate of drug-likeness (QED) is 0.904. The Balaban J connectivity index is 1.86. The van der Waals surface area contributed by atoms with Gasteiger partial charge in [-0.1, -0.05) is 12.1 Å². The van der Waals surface area contributed by atoms with Gasteiger partial charge in [-0.05, 0) is 52.5 Å². The van der Waals surface area contributed by atoms with Crippen molar-refractivity contribution in [2.24, 2.45) is 0 Å². The van der Waals surface area contributed by atoms with E-state index in [9.17, 15) is 13.9 Å². The second-order valence-electron chi connectivity index (χ2n) is 5.96. The first-order chi connectivity index (χ1) is 9.99. The first kappa shape index (κ1) is 16.3. The first-order valence-corrected chi connectivity index (χ1v) is 7.49. The van der Waals surface area contributed by atoms with Crippen molar-refractivity contribution in [3.05, 3.63) is 35.4 Å². The molecule has 0 radical (unpaired) electrons. The molecule has 1 N–H and O–H groups in total. The summed E-state index contributed by atoms with van der Waals surface area (Å²) in [6, 6.07) is 4.44. The zero-order chi connectivity index (χ0) is 15.4. The lowest BCUT2D eigenvalue weighted by Crippen LogP contribution is -2.42. The highest BCUT2D eigenvalue weighted by molar-refractivity contribution is 5.21. The van der Waals surface area contributed by atoms with E-state index in [2.05, 4.69) is 16.8 Å². The van der Waals surface area contributed by atoms with Gasteiger partial charge in [0.2, 0.25) is 0 Å². The Hall–Kier alpha value is -1.04. The number of likely N-dealkylation sites (tertiary alicyclic amines) is 1. The summed E-state index contributed by atoms with van der Waals surface area (Å²) < 4.78 is 26.8. The van der Waals surface area contributed by atoms with Crippen molar-refractivity contribution in [2.45, 2.75) is 31.4 Å². The van der Waals surface area contributed by atoms with Gasteiger partial charge in [0.15, 0.2) is 11.6 Å². The molecule has 1 aliphatic heterocycles. The Morgan fingerprint density at radius 1 is 1.33 bits per heavy atom. The van der Waals surface area contributed by atoms with Gasteiger partial charge in [0.05, 0.1) is 6.10 Å². The summed E-state index contributed by atoms with van der Waals surface area (Å²) in [5.74, 6) is -1.85. The average molecular weight is 298 g/mol. The van der Waals surface area contributed by atoms with Crippen LogP contribution in [0.5, 0.6) is 0 Å². The van der Waals surface area contributed by atoms with Crippen LogP contribution in [0.25, 0.3) is 0 Å². The molecular formula is C16H24F2N2O. The summed E-state index contributed by atoms with van der Waals surface area (Å²) in [6.45, 7) is 2.83. The van der Waals surface area contributed by atoms with Crippen LogP contribution in [-0.2, 0) is 0 Å². The van der Waals surface area contributed by atoms with Crippen LogP contribution >= 0.6 is 0 Å². The lowest BCUT2D eigenvalue weighted by molar-refractivity contribution is 0.108. The molecule has 1 saturated heterocycles. The summed E-state index contributed by atoms with van der Waals surface area (Å²) in [6.07, 6.45) is 1.66. The van der Waals surface area contributed by atoms with Gasteiger partial charge >= 0.3 is 0 Å². The predicted octanol–water partition coefficient (Wildman–Crippen LogP) is 2.41. The van der Waals surface area contributed by atoms with E-state index < -0.39 is 17.7 Å². The smallest absolute Gasteiger partial charge is 0.164 e. The zero-order valence-corrected chi connectivity index (χ0v) is 12.7. The summed E-state index contributed by atoms with van der Waals surface area (Å²) in [7, 11) is 4.15. The summed E-state index contributed by atoms with van der Waals surface area (Å²) in [4.78, 5) is 4.52. The van der Waals surface area contributed by atoms with Crippen LogP contribution < -0.4 is 0 Å². The topological polar surface area (TPSA) is 26.7 Å². The minimum absolute atomic E-state index is 0.0479. The predicted molar refractivity (Wildman–Crippen MR) is 79.1 cm³/mol. The Bertz CT molecular complexity index is 462. The number of halogens is 2. The third-order valence-corrected chi connectivity index (χ3v) is 4.41. The number of piperidine rings is 1. The molecule has 1 aromatic carbocycles. The molecule has 0 bridgehead atoms. The van der Waals surface area contributed by atoms with Crippen molar-refractivity contribution in [1.29, 1.82) is 0 Å². The molecule has 0 aromatic heterocycles. The third kappa shape index (κ3) is 4.22. The summed E-state index contributed by atoms with van der Waals surface area (Å²) in [5.41, 5.74) is 0.0479. The molecule has 0 amide bonds. The molecule has 1 aromatic rings. The summed E-state index contributed by atoms with van der Waals surface area (Å²) >= 11 is 0. The molecule has 1 fully saturated rings. The van der Waals surface area contributed by atoms with Crippen LogP contribution in [-0.4, -0.2) is 54.7 Å². The molecular weight excluding hydrogens is 274 g/mol. The number of hydrogen-bond donors (Lipinski definition) is 1. The number of hydrogen-bond acceptors (Lipinski definition) is 3. The van der Waals surface area contributed by atoms with Crippen LogP contribution in [0, 0.1) is 11.6 Å². The van der Waals surface area contributed by atoms with Crippen molar-refractivity contribution >= 4 is 0 Å². The lowest BCUT2D eigenvalue weighted by atomic mass is 10.0. The van der Waals surface area contributed by atoms with E-state index in [-0.39, 0.29) is 5.56 Å². The van der Waals surface area contributed by atoms with Crippen molar-refractivity contribution in [3.63, 3.8) is 0 Å². The lowest BCUT2D eigenvalue weighted by Gasteiger charge is -2.35. The molecule has 118 valence electrons. The fourth-order valence-corrected chi connectivity index (χ4v) is 2.88. The fraction of sp³-hybridized carbons (Fsp3) is 0.625. The number of benzene rings is 1. The zero-order valence-electron chi connectivity index (χ0n) is 12.7. The van der Waals surface area contributed by atoms with Crippen LogP contribution in [0.15, 0.2) is 18.2 Å². The number of aliphatic hydroxyl groups excluding tert-OH is 1. The molecule has 2 rings (SSSR count). The second-order valence-corrected chi connectivity index (χ2v) is 5.96. The molecule has 0 saturated carbocycles. The number of rotatable bonds is 5. The van der Waals surface area contributed by atoms with Gasteiger partial charge in [-0.2, -0.15) is 0 Å². The largest absolute Gasteiger partial charge is 0.388 e. The van der Waals surface area contributed by atoms with Crippen molar-refractivity contribution in [3.8, 4) is 0 Å². The highest BCUT2D eigenvalue weighted by Gasteiger charge is 2.22. The van der Waals surface area contributed by atoms with E-state index in [1.807, 2.05) is 7.05 Å². The molecule has 21 heavy (non-hydrogen) atoms. The monoisotopic (exact) mass is 298 g/mol. The molecule has 0 aliphatic carbocycles. The minimum Gasteiger partial charge on any atom is -0.388 e. The maximum Gasteiger partial charge on any atom is 0.164 e. The molecule has 1 heterocycles. The van der Waals surface area contributed by atoms with Crippen LogP contribution in [0.1, 0.15) is 30.9 Å². The Labute approximate surface area is 125 Å². The van der Waals surface area contributed by atoms with Crippen molar-refractivity contribution in [1.82, 2.24) is 9.80 Å². The second kappa shape index (κ2) is 7.29. The molecule has 1 atom stereocenters. The van der Waals surface area contributed by atoms with Crippen molar-refractivity contribution < 1.29 is 13.9 Å². The van der Waals surface area contributed by atoms with Crippen LogP contribution in [0.2, 0.25) is 0 Å². The van der Waals surface area contributed by atoms with E-state index in [4.69, 9.17) is 0 Å². The average Bonchev–Trinajstić information content (AvgIpc) is 2.48. The number of nitrogens with zero attached hydrogens (tertiary/aromatic N) is 2. The van der Waals surface area contributed by atoms with Gasteiger partial charge in [-0.25, -0.2) is 8.78 Å². The minimum atomic E-state index is -0.964. The summed E-state index contributed by atoms with van der Waals surface area (Å²) in [5, 5.41) is 10.1. The van der Waals surface area contributed by atoms with E-state index in [0.29, 0.717) is 19.0 Å². The molecule has 0 spiro atoms. The Morgan fingerprint density at radius 3 is 2.67 bits per heavy atom. The number of aliphatic hydroxyl groups is 1. The highest BCUT2D eigenvalue weighted by Crippen LogP contribution is 2.23. The molecule has 3 nitrogen and oxygen atoms in total. The van der Waals surface area contributed by atoms with E-state index in [1.165, 1.54) is 12.1 Å². The highest BCUT2D eigenvalue weighted by atomic mass is 19.2. The SMILES string of the molecule is CN1CCC(N(C)CCC(O)c2cccc(F)c2F)CC1. The molecule has 1 unspecified atom stereocenters. The maximum absolute atomic E-state index is 13.6. The van der Waals surface area contributed by atoms with E-state index in [1.54, 1.807) is 0 Å². The van der Waals surface area contributed by atoms with Crippen LogP contribution in [0.3, 0.4) is 0 Å². The van der Waals surface area contributed by atoms with Gasteiger partial charge < -0.3 is 14.9 Å². The van der Waals surface area contributed by atoms with E-state index in [0.717, 1.165) is 32.0 Å². The fourth-order valence-electron chi connectivity index (χ4n) is 2.88.